The first-order valence-corrected chi connectivity index (χ1v) is 10.3. The summed E-state index contributed by atoms with van der Waals surface area (Å²) < 4.78 is 5.23. The number of carbonyl (C=O) groups is 1. The lowest BCUT2D eigenvalue weighted by Gasteiger charge is -2.20. The van der Waals surface area contributed by atoms with Crippen molar-refractivity contribution in [2.45, 2.75) is 43.0 Å². The van der Waals surface area contributed by atoms with Gasteiger partial charge < -0.3 is 14.6 Å². The molecule has 2 aromatic rings. The number of amides is 1. The molecule has 1 amide bonds. The van der Waals surface area contributed by atoms with Crippen LogP contribution < -0.4 is 10.3 Å². The number of nitrogens with zero attached hydrogens (tertiary/aromatic N) is 2. The molecular formula is C20H25N3O3S. The number of likely N-dealkylation sites (tertiary alicyclic amines) is 1. The first kappa shape index (κ1) is 19.5. The number of carbonyl (C=O) groups excluding carboxylic acids is 1. The largest absolute Gasteiger partial charge is 0.497 e. The third-order valence-corrected chi connectivity index (χ3v) is 5.52. The predicted molar refractivity (Wildman–Crippen MR) is 106 cm³/mol. The highest BCUT2D eigenvalue weighted by atomic mass is 32.2. The lowest BCUT2D eigenvalue weighted by atomic mass is 10.2. The second-order valence-electron chi connectivity index (χ2n) is 6.65. The second kappa shape index (κ2) is 9.60. The van der Waals surface area contributed by atoms with Crippen molar-refractivity contribution in [1.29, 1.82) is 0 Å². The quantitative estimate of drug-likeness (QED) is 0.609. The number of nitrogens with one attached hydrogen (secondary N) is 1. The molecule has 1 aliphatic rings. The number of rotatable bonds is 6. The number of H-pyrrole nitrogens is 1. The Morgan fingerprint density at radius 2 is 2.00 bits per heavy atom. The number of thioether (sulfide) groups is 1. The molecule has 1 N–H and O–H groups in total. The summed E-state index contributed by atoms with van der Waals surface area (Å²) in [6.45, 7) is 1.61. The van der Waals surface area contributed by atoms with E-state index >= 15 is 0 Å². The summed E-state index contributed by atoms with van der Waals surface area (Å²) >= 11 is 1.44. The highest BCUT2D eigenvalue weighted by molar-refractivity contribution is 7.98. The van der Waals surface area contributed by atoms with Crippen LogP contribution >= 0.6 is 11.8 Å². The molecule has 2 heterocycles. The summed E-state index contributed by atoms with van der Waals surface area (Å²) in [6.07, 6.45) is 4.64. The van der Waals surface area contributed by atoms with Crippen molar-refractivity contribution >= 4 is 17.7 Å². The number of hydrogen-bond acceptors (Lipinski definition) is 5. The van der Waals surface area contributed by atoms with Crippen molar-refractivity contribution < 1.29 is 9.53 Å². The minimum Gasteiger partial charge on any atom is -0.497 e. The van der Waals surface area contributed by atoms with Crippen LogP contribution in [-0.4, -0.2) is 41.0 Å². The lowest BCUT2D eigenvalue weighted by molar-refractivity contribution is -0.130. The van der Waals surface area contributed by atoms with Gasteiger partial charge in [-0.15, -0.1) is 0 Å². The summed E-state index contributed by atoms with van der Waals surface area (Å²) in [5.41, 5.74) is 1.38. The fourth-order valence-corrected chi connectivity index (χ4v) is 3.98. The Morgan fingerprint density at radius 3 is 2.74 bits per heavy atom. The number of hydrogen-bond donors (Lipinski definition) is 1. The van der Waals surface area contributed by atoms with E-state index in [1.54, 1.807) is 7.11 Å². The number of aromatic amines is 1. The summed E-state index contributed by atoms with van der Waals surface area (Å²) in [7, 11) is 1.64. The minimum absolute atomic E-state index is 0.0544. The topological polar surface area (TPSA) is 75.3 Å². The Labute approximate surface area is 163 Å². The Bertz CT molecular complexity index is 829. The maximum Gasteiger partial charge on any atom is 0.251 e. The molecule has 0 spiro atoms. The van der Waals surface area contributed by atoms with Gasteiger partial charge in [-0.2, -0.15) is 0 Å². The Morgan fingerprint density at radius 1 is 1.22 bits per heavy atom. The van der Waals surface area contributed by atoms with Gasteiger partial charge in [0.05, 0.1) is 19.2 Å². The van der Waals surface area contributed by atoms with Crippen molar-refractivity contribution in [2.24, 2.45) is 0 Å². The number of benzene rings is 1. The van der Waals surface area contributed by atoms with Gasteiger partial charge in [-0.05, 0) is 30.5 Å². The predicted octanol–water partition coefficient (Wildman–Crippen LogP) is 3.02. The first-order valence-electron chi connectivity index (χ1n) is 9.28. The molecule has 0 bridgehead atoms. The van der Waals surface area contributed by atoms with Gasteiger partial charge in [0.1, 0.15) is 5.75 Å². The standard InChI is InChI=1S/C20H25N3O3S/c1-26-17-8-6-7-15(11-17)14-27-20-21-16(12-18(24)22-20)13-19(25)23-9-4-2-3-5-10-23/h6-8,11-12H,2-5,9-10,13-14H2,1H3,(H,21,22,24). The van der Waals surface area contributed by atoms with E-state index in [1.165, 1.54) is 30.7 Å². The molecule has 0 saturated carbocycles. The molecule has 0 aliphatic carbocycles. The normalized spacial score (nSPS) is 14.6. The highest BCUT2D eigenvalue weighted by Gasteiger charge is 2.17. The molecule has 1 saturated heterocycles. The summed E-state index contributed by atoms with van der Waals surface area (Å²) in [5.74, 6) is 1.51. The van der Waals surface area contributed by atoms with Crippen LogP contribution in [0.25, 0.3) is 0 Å². The van der Waals surface area contributed by atoms with E-state index in [-0.39, 0.29) is 17.9 Å². The maximum absolute atomic E-state index is 12.5. The van der Waals surface area contributed by atoms with Gasteiger partial charge in [0, 0.05) is 24.9 Å². The van der Waals surface area contributed by atoms with Gasteiger partial charge in [0.2, 0.25) is 5.91 Å². The number of methoxy groups -OCH3 is 1. The van der Waals surface area contributed by atoms with Crippen LogP contribution in [0.4, 0.5) is 0 Å². The van der Waals surface area contributed by atoms with Crippen LogP contribution in [0, 0.1) is 0 Å². The van der Waals surface area contributed by atoms with Crippen molar-refractivity contribution in [2.75, 3.05) is 20.2 Å². The SMILES string of the molecule is COc1cccc(CSc2nc(CC(=O)N3CCCCCC3)cc(=O)[nH]2)c1. The zero-order valence-corrected chi connectivity index (χ0v) is 16.4. The minimum atomic E-state index is -0.225. The number of aromatic nitrogens is 2. The van der Waals surface area contributed by atoms with Crippen molar-refractivity contribution in [1.82, 2.24) is 14.9 Å². The average Bonchev–Trinajstić information content (AvgIpc) is 2.96. The van der Waals surface area contributed by atoms with Crippen LogP contribution in [0.1, 0.15) is 36.9 Å². The van der Waals surface area contributed by atoms with Crippen LogP contribution in [0.5, 0.6) is 5.75 Å². The highest BCUT2D eigenvalue weighted by Crippen LogP contribution is 2.21. The van der Waals surface area contributed by atoms with Crippen LogP contribution in [-0.2, 0) is 17.0 Å². The second-order valence-corrected chi connectivity index (χ2v) is 7.62. The van der Waals surface area contributed by atoms with Crippen LogP contribution in [0.3, 0.4) is 0 Å². The van der Waals surface area contributed by atoms with E-state index < -0.39 is 0 Å². The van der Waals surface area contributed by atoms with Crippen molar-refractivity contribution in [3.05, 3.63) is 51.9 Å². The van der Waals surface area contributed by atoms with Gasteiger partial charge in [-0.1, -0.05) is 36.7 Å². The Hall–Kier alpha value is -2.28. The molecule has 6 nitrogen and oxygen atoms in total. The lowest BCUT2D eigenvalue weighted by Crippen LogP contribution is -2.33. The molecule has 0 unspecified atom stereocenters. The van der Waals surface area contributed by atoms with E-state index in [0.717, 1.165) is 37.2 Å². The molecule has 144 valence electrons. The summed E-state index contributed by atoms with van der Waals surface area (Å²) in [6, 6.07) is 9.20. The van der Waals surface area contributed by atoms with Gasteiger partial charge in [-0.3, -0.25) is 9.59 Å². The molecule has 3 rings (SSSR count). The Balaban J connectivity index is 1.64. The average molecular weight is 388 g/mol. The molecule has 1 aliphatic heterocycles. The van der Waals surface area contributed by atoms with E-state index in [2.05, 4.69) is 9.97 Å². The van der Waals surface area contributed by atoms with Gasteiger partial charge in [0.25, 0.3) is 5.56 Å². The molecule has 1 aromatic carbocycles. The zero-order chi connectivity index (χ0) is 19.1. The van der Waals surface area contributed by atoms with E-state index in [0.29, 0.717) is 16.6 Å². The third-order valence-electron chi connectivity index (χ3n) is 4.57. The van der Waals surface area contributed by atoms with Crippen molar-refractivity contribution in [3.63, 3.8) is 0 Å². The maximum atomic E-state index is 12.5. The van der Waals surface area contributed by atoms with Gasteiger partial charge in [-0.25, -0.2) is 4.98 Å². The Kier molecular flexibility index (Phi) is 6.92. The van der Waals surface area contributed by atoms with E-state index in [4.69, 9.17) is 4.74 Å². The molecule has 0 radical (unpaired) electrons. The molecule has 0 atom stereocenters. The summed E-state index contributed by atoms with van der Waals surface area (Å²) in [4.78, 5) is 33.7. The first-order chi connectivity index (χ1) is 13.1. The fourth-order valence-electron chi connectivity index (χ4n) is 3.14. The van der Waals surface area contributed by atoms with Crippen molar-refractivity contribution in [3.8, 4) is 5.75 Å². The van der Waals surface area contributed by atoms with Crippen LogP contribution in [0.15, 0.2) is 40.3 Å². The summed E-state index contributed by atoms with van der Waals surface area (Å²) in [5, 5.41) is 0.531. The monoisotopic (exact) mass is 387 g/mol. The smallest absolute Gasteiger partial charge is 0.251 e. The fraction of sp³-hybridized carbons (Fsp3) is 0.450. The molecular weight excluding hydrogens is 362 g/mol. The van der Waals surface area contributed by atoms with E-state index in [9.17, 15) is 9.59 Å². The molecule has 27 heavy (non-hydrogen) atoms. The molecule has 1 fully saturated rings. The van der Waals surface area contributed by atoms with Crippen LogP contribution in [0.2, 0.25) is 0 Å². The van der Waals surface area contributed by atoms with Gasteiger partial charge >= 0.3 is 0 Å². The zero-order valence-electron chi connectivity index (χ0n) is 15.6. The third kappa shape index (κ3) is 5.85. The van der Waals surface area contributed by atoms with Gasteiger partial charge in [0.15, 0.2) is 5.16 Å². The molecule has 1 aromatic heterocycles. The van der Waals surface area contributed by atoms with E-state index in [1.807, 2.05) is 29.2 Å². The molecule has 7 heteroatoms. The number of ether oxygens (including phenoxy) is 1.